The van der Waals surface area contributed by atoms with E-state index in [1.165, 1.54) is 122 Å². The summed E-state index contributed by atoms with van der Waals surface area (Å²) in [4.78, 5) is 37.6. The largest absolute Gasteiger partial charge is 0.462 e. The highest BCUT2D eigenvalue weighted by atomic mass is 16.6. The maximum absolute atomic E-state index is 12.7. The molecule has 0 bridgehead atoms. The molecule has 6 nitrogen and oxygen atoms in total. The van der Waals surface area contributed by atoms with Gasteiger partial charge in [-0.15, -0.1) is 0 Å². The van der Waals surface area contributed by atoms with Crippen molar-refractivity contribution in [2.45, 2.75) is 240 Å². The van der Waals surface area contributed by atoms with Gasteiger partial charge in [0.25, 0.3) is 0 Å². The lowest BCUT2D eigenvalue weighted by atomic mass is 10.0. The molecule has 0 aromatic heterocycles. The molecule has 0 spiro atoms. The number of hydrogen-bond acceptors (Lipinski definition) is 6. The van der Waals surface area contributed by atoms with Gasteiger partial charge in [0.2, 0.25) is 0 Å². The van der Waals surface area contributed by atoms with E-state index >= 15 is 0 Å². The van der Waals surface area contributed by atoms with Crippen LogP contribution in [0.4, 0.5) is 0 Å². The molecular formula is C44H84O6. The molecule has 296 valence electrons. The van der Waals surface area contributed by atoms with Crippen LogP contribution >= 0.6 is 0 Å². The minimum atomic E-state index is -0.760. The number of rotatable bonds is 38. The van der Waals surface area contributed by atoms with E-state index in [1.807, 2.05) is 0 Å². The first kappa shape index (κ1) is 48.4. The zero-order valence-electron chi connectivity index (χ0n) is 34.0. The van der Waals surface area contributed by atoms with E-state index in [4.69, 9.17) is 14.2 Å². The Morgan fingerprint density at radius 1 is 0.380 bits per heavy atom. The number of ether oxygens (including phenoxy) is 3. The second-order valence-electron chi connectivity index (χ2n) is 15.9. The maximum Gasteiger partial charge on any atom is 0.306 e. The third-order valence-corrected chi connectivity index (χ3v) is 9.72. The van der Waals surface area contributed by atoms with Crippen molar-refractivity contribution in [1.82, 2.24) is 0 Å². The second kappa shape index (κ2) is 37.2. The molecule has 0 rings (SSSR count). The molecule has 0 aliphatic rings. The van der Waals surface area contributed by atoms with Crippen LogP contribution in [0.5, 0.6) is 0 Å². The van der Waals surface area contributed by atoms with Crippen LogP contribution in [0.3, 0.4) is 0 Å². The molecule has 50 heavy (non-hydrogen) atoms. The van der Waals surface area contributed by atoms with Crippen molar-refractivity contribution in [2.24, 2.45) is 11.8 Å². The minimum Gasteiger partial charge on any atom is -0.462 e. The summed E-state index contributed by atoms with van der Waals surface area (Å²) < 4.78 is 16.7. The Kier molecular flexibility index (Phi) is 36.0. The van der Waals surface area contributed by atoms with Crippen LogP contribution in [0, 0.1) is 11.8 Å². The van der Waals surface area contributed by atoms with E-state index in [9.17, 15) is 14.4 Å². The molecule has 0 radical (unpaired) electrons. The topological polar surface area (TPSA) is 78.9 Å². The molecular weight excluding hydrogens is 624 g/mol. The van der Waals surface area contributed by atoms with E-state index < -0.39 is 6.10 Å². The van der Waals surface area contributed by atoms with Crippen LogP contribution in [0.25, 0.3) is 0 Å². The molecule has 0 aliphatic carbocycles. The van der Waals surface area contributed by atoms with Crippen molar-refractivity contribution < 1.29 is 28.6 Å². The normalized spacial score (nSPS) is 12.1. The van der Waals surface area contributed by atoms with Gasteiger partial charge in [0.05, 0.1) is 0 Å². The van der Waals surface area contributed by atoms with Crippen LogP contribution in [0.2, 0.25) is 0 Å². The molecule has 6 heteroatoms. The van der Waals surface area contributed by atoms with Crippen molar-refractivity contribution >= 4 is 17.9 Å². The Morgan fingerprint density at radius 2 is 0.660 bits per heavy atom. The summed E-state index contributed by atoms with van der Waals surface area (Å²) >= 11 is 0. The van der Waals surface area contributed by atoms with Gasteiger partial charge in [-0.1, -0.05) is 195 Å². The van der Waals surface area contributed by atoms with Gasteiger partial charge < -0.3 is 14.2 Å². The molecule has 0 aliphatic heterocycles. The molecule has 0 aromatic rings. The Balaban J connectivity index is 4.34. The van der Waals surface area contributed by atoms with Crippen molar-refractivity contribution in [3.8, 4) is 0 Å². The SMILES string of the molecule is CCCCCCCCCCCCCC(=O)OC[C@H](COC(=O)CCCCCCCCC(C)C)OC(=O)CCCCCCCCCCCC(C)C. The van der Waals surface area contributed by atoms with Gasteiger partial charge in [-0.25, -0.2) is 0 Å². The molecule has 0 unspecified atom stereocenters. The van der Waals surface area contributed by atoms with Gasteiger partial charge in [0.1, 0.15) is 13.2 Å². The second-order valence-corrected chi connectivity index (χ2v) is 15.9. The van der Waals surface area contributed by atoms with Crippen LogP contribution in [0.1, 0.15) is 234 Å². The van der Waals surface area contributed by atoms with Crippen molar-refractivity contribution in [2.75, 3.05) is 13.2 Å². The first-order valence-electron chi connectivity index (χ1n) is 21.7. The number of carbonyl (C=O) groups excluding carboxylic acids is 3. The fraction of sp³-hybridized carbons (Fsp3) is 0.932. The zero-order valence-corrected chi connectivity index (χ0v) is 34.0. The molecule has 1 atom stereocenters. The third kappa shape index (κ3) is 37.7. The highest BCUT2D eigenvalue weighted by Gasteiger charge is 2.19. The fourth-order valence-electron chi connectivity index (χ4n) is 6.40. The minimum absolute atomic E-state index is 0.0660. The number of carbonyl (C=O) groups is 3. The Labute approximate surface area is 310 Å². The average molecular weight is 709 g/mol. The standard InChI is InChI=1S/C44H84O6/c1-6-7-8-9-10-11-12-15-18-24-29-34-42(45)48-37-41(38-49-43(46)35-30-25-21-20-23-28-33-40(4)5)50-44(47)36-31-26-19-16-13-14-17-22-27-32-39(2)3/h39-41H,6-38H2,1-5H3/t41-/m1/s1. The molecule has 0 saturated carbocycles. The highest BCUT2D eigenvalue weighted by Crippen LogP contribution is 2.16. The number of esters is 3. The third-order valence-electron chi connectivity index (χ3n) is 9.72. The molecule has 0 N–H and O–H groups in total. The molecule has 0 saturated heterocycles. The molecule has 0 heterocycles. The van der Waals surface area contributed by atoms with Crippen molar-refractivity contribution in [1.29, 1.82) is 0 Å². The zero-order chi connectivity index (χ0) is 36.9. The van der Waals surface area contributed by atoms with Gasteiger partial charge in [0.15, 0.2) is 6.10 Å². The lowest BCUT2D eigenvalue weighted by Gasteiger charge is -2.18. The summed E-state index contributed by atoms with van der Waals surface area (Å²) in [7, 11) is 0. The monoisotopic (exact) mass is 709 g/mol. The van der Waals surface area contributed by atoms with E-state index in [2.05, 4.69) is 34.6 Å². The van der Waals surface area contributed by atoms with E-state index in [-0.39, 0.29) is 31.1 Å². The Hall–Kier alpha value is -1.59. The van der Waals surface area contributed by atoms with Crippen molar-refractivity contribution in [3.05, 3.63) is 0 Å². The number of hydrogen-bond donors (Lipinski definition) is 0. The van der Waals surface area contributed by atoms with Crippen LogP contribution in [-0.2, 0) is 28.6 Å². The van der Waals surface area contributed by atoms with Crippen LogP contribution < -0.4 is 0 Å². The quantitative estimate of drug-likeness (QED) is 0.0361. The predicted octanol–water partition coefficient (Wildman–Crippen LogP) is 13.4. The van der Waals surface area contributed by atoms with Gasteiger partial charge in [-0.2, -0.15) is 0 Å². The summed E-state index contributed by atoms with van der Waals surface area (Å²) in [5.41, 5.74) is 0. The lowest BCUT2D eigenvalue weighted by Crippen LogP contribution is -2.30. The lowest BCUT2D eigenvalue weighted by molar-refractivity contribution is -0.167. The summed E-state index contributed by atoms with van der Waals surface area (Å²) in [5.74, 6) is 0.703. The summed E-state index contributed by atoms with van der Waals surface area (Å²) in [6.45, 7) is 11.2. The van der Waals surface area contributed by atoms with E-state index in [0.717, 1.165) is 69.6 Å². The number of unbranched alkanes of at least 4 members (excludes halogenated alkanes) is 23. The summed E-state index contributed by atoms with van der Waals surface area (Å²) in [6.07, 6.45) is 33.9. The van der Waals surface area contributed by atoms with Crippen molar-refractivity contribution in [3.63, 3.8) is 0 Å². The summed E-state index contributed by atoms with van der Waals surface area (Å²) in [5, 5.41) is 0. The van der Waals surface area contributed by atoms with E-state index in [0.29, 0.717) is 19.3 Å². The molecule has 0 aromatic carbocycles. The van der Waals surface area contributed by atoms with Crippen LogP contribution in [-0.4, -0.2) is 37.2 Å². The highest BCUT2D eigenvalue weighted by molar-refractivity contribution is 5.71. The van der Waals surface area contributed by atoms with Gasteiger partial charge in [-0.3, -0.25) is 14.4 Å². The van der Waals surface area contributed by atoms with E-state index in [1.54, 1.807) is 0 Å². The van der Waals surface area contributed by atoms with Gasteiger partial charge in [0, 0.05) is 19.3 Å². The summed E-state index contributed by atoms with van der Waals surface area (Å²) in [6, 6.07) is 0. The van der Waals surface area contributed by atoms with Crippen LogP contribution in [0.15, 0.2) is 0 Å². The Morgan fingerprint density at radius 3 is 0.980 bits per heavy atom. The first-order chi connectivity index (χ1) is 24.2. The maximum atomic E-state index is 12.7. The average Bonchev–Trinajstić information content (AvgIpc) is 3.08. The predicted molar refractivity (Wildman–Crippen MR) is 210 cm³/mol. The smallest absolute Gasteiger partial charge is 0.306 e. The van der Waals surface area contributed by atoms with Gasteiger partial charge >= 0.3 is 17.9 Å². The molecule has 0 fully saturated rings. The molecule has 0 amide bonds. The van der Waals surface area contributed by atoms with Gasteiger partial charge in [-0.05, 0) is 31.1 Å². The Bertz CT molecular complexity index is 764. The first-order valence-corrected chi connectivity index (χ1v) is 21.7. The fourth-order valence-corrected chi connectivity index (χ4v) is 6.40.